The van der Waals surface area contributed by atoms with Gasteiger partial charge in [-0.3, -0.25) is 4.79 Å². The number of carbonyl (C=O) groups is 1. The molecule has 0 saturated carbocycles. The molecule has 3 rings (SSSR count). The van der Waals surface area contributed by atoms with Crippen molar-refractivity contribution >= 4 is 21.6 Å². The lowest BCUT2D eigenvalue weighted by atomic mass is 10.0. The molecular weight excluding hydrogens is 328 g/mol. The van der Waals surface area contributed by atoms with E-state index in [9.17, 15) is 13.2 Å². The smallest absolute Gasteiger partial charge is 0.270 e. The number of hydrogen-bond acceptors (Lipinski definition) is 6. The second-order valence-corrected chi connectivity index (χ2v) is 9.15. The van der Waals surface area contributed by atoms with E-state index in [1.54, 1.807) is 13.0 Å². The summed E-state index contributed by atoms with van der Waals surface area (Å²) in [6, 6.07) is 1.39. The van der Waals surface area contributed by atoms with Crippen molar-refractivity contribution in [3.05, 3.63) is 17.6 Å². The van der Waals surface area contributed by atoms with Gasteiger partial charge < -0.3 is 10.2 Å². The molecule has 0 spiro atoms. The Labute approximate surface area is 142 Å². The maximum Gasteiger partial charge on any atom is 0.270 e. The van der Waals surface area contributed by atoms with Crippen LogP contribution in [0.5, 0.6) is 0 Å². The average Bonchev–Trinajstić information content (AvgIpc) is 2.85. The molecule has 1 N–H and O–H groups in total. The summed E-state index contributed by atoms with van der Waals surface area (Å²) in [5.41, 5.74) is 0.306. The second-order valence-electron chi connectivity index (χ2n) is 6.93. The number of piperidine rings is 1. The summed E-state index contributed by atoms with van der Waals surface area (Å²) in [5.74, 6) is 1.76. The third kappa shape index (κ3) is 4.03. The highest BCUT2D eigenvalue weighted by Crippen LogP contribution is 2.22. The van der Waals surface area contributed by atoms with Crippen LogP contribution in [0.3, 0.4) is 0 Å². The van der Waals surface area contributed by atoms with Crippen LogP contribution < -0.4 is 10.2 Å². The van der Waals surface area contributed by atoms with E-state index in [2.05, 4.69) is 27.1 Å². The molecule has 1 aromatic rings. The van der Waals surface area contributed by atoms with E-state index in [4.69, 9.17) is 0 Å². The number of amides is 1. The third-order valence-electron chi connectivity index (χ3n) is 4.61. The maximum absolute atomic E-state index is 12.4. The first-order valence-corrected chi connectivity index (χ1v) is 10.3. The van der Waals surface area contributed by atoms with E-state index in [0.717, 1.165) is 25.3 Å². The van der Waals surface area contributed by atoms with Crippen molar-refractivity contribution < 1.29 is 13.2 Å². The number of anilines is 1. The Morgan fingerprint density at radius 3 is 2.79 bits per heavy atom. The average molecular weight is 352 g/mol. The van der Waals surface area contributed by atoms with Crippen LogP contribution in [0.2, 0.25) is 0 Å². The molecule has 2 saturated heterocycles. The number of rotatable bonds is 3. The predicted molar refractivity (Wildman–Crippen MR) is 91.9 cm³/mol. The van der Waals surface area contributed by atoms with Crippen molar-refractivity contribution in [1.82, 2.24) is 15.3 Å². The topological polar surface area (TPSA) is 92.3 Å². The van der Waals surface area contributed by atoms with Crippen molar-refractivity contribution in [2.45, 2.75) is 39.2 Å². The number of aromatic nitrogens is 2. The molecule has 0 radical (unpaired) electrons. The molecule has 8 heteroatoms. The molecule has 3 heterocycles. The first kappa shape index (κ1) is 17.1. The lowest BCUT2D eigenvalue weighted by Gasteiger charge is -2.32. The van der Waals surface area contributed by atoms with E-state index >= 15 is 0 Å². The van der Waals surface area contributed by atoms with Gasteiger partial charge in [0.05, 0.1) is 11.5 Å². The van der Waals surface area contributed by atoms with Crippen LogP contribution in [0.1, 0.15) is 42.5 Å². The predicted octanol–water partition coefficient (Wildman–Crippen LogP) is 0.938. The molecule has 1 amide bonds. The van der Waals surface area contributed by atoms with Gasteiger partial charge in [-0.05, 0) is 32.1 Å². The SMILES string of the molecule is Cc1nc(C(=O)NC2CCS(=O)(=O)C2)cc(N2CCCC(C)C2)n1. The van der Waals surface area contributed by atoms with Gasteiger partial charge >= 0.3 is 0 Å². The fourth-order valence-electron chi connectivity index (χ4n) is 3.40. The molecule has 1 aromatic heterocycles. The fraction of sp³-hybridized carbons (Fsp3) is 0.688. The van der Waals surface area contributed by atoms with E-state index in [0.29, 0.717) is 23.9 Å². The summed E-state index contributed by atoms with van der Waals surface area (Å²) < 4.78 is 23.0. The summed E-state index contributed by atoms with van der Waals surface area (Å²) in [7, 11) is -3.02. The summed E-state index contributed by atoms with van der Waals surface area (Å²) >= 11 is 0. The van der Waals surface area contributed by atoms with E-state index in [-0.39, 0.29) is 23.5 Å². The standard InChI is InChI=1S/C16H24N4O3S/c1-11-4-3-6-20(9-11)15-8-14(17-12(2)18-15)16(21)19-13-5-7-24(22,23)10-13/h8,11,13H,3-7,9-10H2,1-2H3,(H,19,21). The van der Waals surface area contributed by atoms with Gasteiger partial charge in [0.25, 0.3) is 5.91 Å². The largest absolute Gasteiger partial charge is 0.356 e. The van der Waals surface area contributed by atoms with Gasteiger partial charge in [-0.15, -0.1) is 0 Å². The zero-order valence-corrected chi connectivity index (χ0v) is 15.0. The maximum atomic E-state index is 12.4. The molecule has 0 aromatic carbocycles. The molecule has 2 fully saturated rings. The monoisotopic (exact) mass is 352 g/mol. The molecule has 2 aliphatic rings. The van der Waals surface area contributed by atoms with Gasteiger partial charge in [0, 0.05) is 25.2 Å². The molecule has 2 aliphatic heterocycles. The van der Waals surface area contributed by atoms with Crippen LogP contribution in [0.4, 0.5) is 5.82 Å². The van der Waals surface area contributed by atoms with Gasteiger partial charge in [-0.25, -0.2) is 18.4 Å². The Bertz CT molecular complexity index is 735. The van der Waals surface area contributed by atoms with Gasteiger partial charge in [-0.2, -0.15) is 0 Å². The van der Waals surface area contributed by atoms with Crippen LogP contribution in [0.25, 0.3) is 0 Å². The fourth-order valence-corrected chi connectivity index (χ4v) is 5.07. The van der Waals surface area contributed by atoms with Crippen LogP contribution >= 0.6 is 0 Å². The van der Waals surface area contributed by atoms with Gasteiger partial charge in [-0.1, -0.05) is 6.92 Å². The Balaban J connectivity index is 1.74. The quantitative estimate of drug-likeness (QED) is 0.870. The normalized spacial score (nSPS) is 26.3. The van der Waals surface area contributed by atoms with Crippen LogP contribution in [-0.2, 0) is 9.84 Å². The number of nitrogens with zero attached hydrogens (tertiary/aromatic N) is 3. The second kappa shape index (κ2) is 6.66. The minimum atomic E-state index is -3.02. The number of nitrogens with one attached hydrogen (secondary N) is 1. The Morgan fingerprint density at radius 2 is 2.12 bits per heavy atom. The third-order valence-corrected chi connectivity index (χ3v) is 6.37. The van der Waals surface area contributed by atoms with Crippen molar-refractivity contribution in [2.24, 2.45) is 5.92 Å². The molecule has 24 heavy (non-hydrogen) atoms. The molecule has 2 unspecified atom stereocenters. The summed E-state index contributed by atoms with van der Waals surface area (Å²) in [6.45, 7) is 5.85. The number of sulfone groups is 1. The van der Waals surface area contributed by atoms with Gasteiger partial charge in [0.15, 0.2) is 9.84 Å². The first-order chi connectivity index (χ1) is 11.3. The minimum Gasteiger partial charge on any atom is -0.356 e. The van der Waals surface area contributed by atoms with Crippen molar-refractivity contribution in [1.29, 1.82) is 0 Å². The van der Waals surface area contributed by atoms with Crippen LogP contribution in [-0.4, -0.2) is 54.9 Å². The Hall–Kier alpha value is -1.70. The molecule has 7 nitrogen and oxygen atoms in total. The lowest BCUT2D eigenvalue weighted by Crippen LogP contribution is -2.37. The van der Waals surface area contributed by atoms with Crippen LogP contribution in [0.15, 0.2) is 6.07 Å². The Morgan fingerprint density at radius 1 is 1.33 bits per heavy atom. The zero-order valence-electron chi connectivity index (χ0n) is 14.2. The van der Waals surface area contributed by atoms with Gasteiger partial charge in [0.1, 0.15) is 17.3 Å². The summed E-state index contributed by atoms with van der Waals surface area (Å²) in [4.78, 5) is 23.3. The number of aryl methyl sites for hydroxylation is 1. The number of hydrogen-bond donors (Lipinski definition) is 1. The summed E-state index contributed by atoms with van der Waals surface area (Å²) in [6.07, 6.45) is 2.80. The molecule has 0 aliphatic carbocycles. The lowest BCUT2D eigenvalue weighted by molar-refractivity contribution is 0.0935. The zero-order chi connectivity index (χ0) is 17.3. The van der Waals surface area contributed by atoms with Crippen molar-refractivity contribution in [3.63, 3.8) is 0 Å². The minimum absolute atomic E-state index is 0.0132. The van der Waals surface area contributed by atoms with E-state index in [1.807, 2.05) is 0 Å². The first-order valence-electron chi connectivity index (χ1n) is 8.44. The highest BCUT2D eigenvalue weighted by atomic mass is 32.2. The highest BCUT2D eigenvalue weighted by molar-refractivity contribution is 7.91. The van der Waals surface area contributed by atoms with Crippen LogP contribution in [0, 0.1) is 12.8 Å². The molecule has 2 atom stereocenters. The van der Waals surface area contributed by atoms with Crippen molar-refractivity contribution in [2.75, 3.05) is 29.5 Å². The molecular formula is C16H24N4O3S. The molecule has 132 valence electrons. The molecule has 0 bridgehead atoms. The van der Waals surface area contributed by atoms with E-state index in [1.165, 1.54) is 6.42 Å². The summed E-state index contributed by atoms with van der Waals surface area (Å²) in [5, 5.41) is 2.79. The number of carbonyl (C=O) groups excluding carboxylic acids is 1. The van der Waals surface area contributed by atoms with Gasteiger partial charge in [0.2, 0.25) is 0 Å². The highest BCUT2D eigenvalue weighted by Gasteiger charge is 2.29. The Kier molecular flexibility index (Phi) is 4.76. The van der Waals surface area contributed by atoms with Crippen molar-refractivity contribution in [3.8, 4) is 0 Å². The van der Waals surface area contributed by atoms with E-state index < -0.39 is 9.84 Å².